The van der Waals surface area contributed by atoms with Gasteiger partial charge in [-0.2, -0.15) is 0 Å². The van der Waals surface area contributed by atoms with Crippen molar-refractivity contribution in [2.45, 2.75) is 0 Å². The molecule has 0 aliphatic rings. The Balaban J connectivity index is 2.05. The average Bonchev–Trinajstić information content (AvgIpc) is 2.40. The van der Waals surface area contributed by atoms with Crippen LogP contribution in [0.2, 0.25) is 0 Å². The van der Waals surface area contributed by atoms with E-state index in [9.17, 15) is 0 Å². The number of benzene rings is 2. The summed E-state index contributed by atoms with van der Waals surface area (Å²) in [5, 5.41) is 3.21. The molecule has 0 saturated heterocycles. The first-order chi connectivity index (χ1) is 8.40. The van der Waals surface area contributed by atoms with Gasteiger partial charge in [-0.3, -0.25) is 0 Å². The summed E-state index contributed by atoms with van der Waals surface area (Å²) in [5.74, 6) is 0.838. The largest absolute Gasteiger partial charge is 0.495 e. The zero-order valence-corrected chi connectivity index (χ0v) is 9.76. The second-order valence-electron chi connectivity index (χ2n) is 3.59. The van der Waals surface area contributed by atoms with E-state index in [1.807, 2.05) is 54.7 Å². The van der Waals surface area contributed by atoms with Crippen molar-refractivity contribution in [1.29, 1.82) is 0 Å². The van der Waals surface area contributed by atoms with E-state index in [1.54, 1.807) is 7.11 Å². The average molecular weight is 225 g/mol. The highest BCUT2D eigenvalue weighted by Crippen LogP contribution is 2.22. The molecule has 17 heavy (non-hydrogen) atoms. The van der Waals surface area contributed by atoms with Gasteiger partial charge in [0, 0.05) is 6.20 Å². The summed E-state index contributed by atoms with van der Waals surface area (Å²) in [6.07, 6.45) is 3.93. The molecule has 0 fully saturated rings. The molecule has 0 radical (unpaired) electrons. The quantitative estimate of drug-likeness (QED) is 0.855. The Labute approximate surface area is 102 Å². The lowest BCUT2D eigenvalue weighted by atomic mass is 10.2. The van der Waals surface area contributed by atoms with Crippen molar-refractivity contribution in [2.24, 2.45) is 0 Å². The van der Waals surface area contributed by atoms with E-state index >= 15 is 0 Å². The van der Waals surface area contributed by atoms with Crippen LogP contribution >= 0.6 is 0 Å². The lowest BCUT2D eigenvalue weighted by Gasteiger charge is -2.06. The summed E-state index contributed by atoms with van der Waals surface area (Å²) >= 11 is 0. The molecule has 0 bridgehead atoms. The third-order valence-electron chi connectivity index (χ3n) is 2.42. The van der Waals surface area contributed by atoms with Crippen LogP contribution in [-0.2, 0) is 0 Å². The fraction of sp³-hybridized carbons (Fsp3) is 0.0667. The number of hydrogen-bond acceptors (Lipinski definition) is 2. The van der Waals surface area contributed by atoms with Crippen LogP contribution in [0, 0.1) is 0 Å². The molecule has 1 N–H and O–H groups in total. The summed E-state index contributed by atoms with van der Waals surface area (Å²) in [4.78, 5) is 0. The molecule has 86 valence electrons. The van der Waals surface area contributed by atoms with Gasteiger partial charge in [0.1, 0.15) is 5.75 Å². The standard InChI is InChI=1S/C15H15NO/c1-17-15-10-6-5-9-14(15)16-12-11-13-7-3-2-4-8-13/h2-12,16H,1H3. The van der Waals surface area contributed by atoms with Crippen molar-refractivity contribution in [3.63, 3.8) is 0 Å². The van der Waals surface area contributed by atoms with Crippen LogP contribution in [0.25, 0.3) is 6.08 Å². The number of methoxy groups -OCH3 is 1. The number of para-hydroxylation sites is 2. The van der Waals surface area contributed by atoms with Gasteiger partial charge in [-0.1, -0.05) is 42.5 Å². The zero-order valence-electron chi connectivity index (χ0n) is 9.76. The maximum absolute atomic E-state index is 5.25. The molecule has 0 heterocycles. The third-order valence-corrected chi connectivity index (χ3v) is 2.42. The Bertz CT molecular complexity index is 491. The van der Waals surface area contributed by atoms with Gasteiger partial charge in [-0.05, 0) is 23.8 Å². The van der Waals surface area contributed by atoms with Crippen molar-refractivity contribution in [3.8, 4) is 5.75 Å². The van der Waals surface area contributed by atoms with E-state index in [-0.39, 0.29) is 0 Å². The van der Waals surface area contributed by atoms with Crippen LogP contribution in [0.5, 0.6) is 5.75 Å². The summed E-state index contributed by atoms with van der Waals surface area (Å²) < 4.78 is 5.25. The van der Waals surface area contributed by atoms with E-state index in [1.165, 1.54) is 0 Å². The summed E-state index contributed by atoms with van der Waals surface area (Å²) in [7, 11) is 1.67. The van der Waals surface area contributed by atoms with Gasteiger partial charge in [-0.15, -0.1) is 0 Å². The highest BCUT2D eigenvalue weighted by Gasteiger charge is 1.97. The molecule has 0 aliphatic heterocycles. The molecule has 2 nitrogen and oxygen atoms in total. The Kier molecular flexibility index (Phi) is 3.81. The molecular weight excluding hydrogens is 210 g/mol. The van der Waals surface area contributed by atoms with E-state index in [2.05, 4.69) is 17.4 Å². The highest BCUT2D eigenvalue weighted by atomic mass is 16.5. The molecule has 0 atom stereocenters. The van der Waals surface area contributed by atoms with E-state index < -0.39 is 0 Å². The molecule has 2 heteroatoms. The fourth-order valence-corrected chi connectivity index (χ4v) is 1.56. The van der Waals surface area contributed by atoms with Gasteiger partial charge in [0.25, 0.3) is 0 Å². The molecular formula is C15H15NO. The molecule has 2 aromatic rings. The minimum absolute atomic E-state index is 0.838. The molecule has 0 aromatic heterocycles. The van der Waals surface area contributed by atoms with Gasteiger partial charge in [0.05, 0.1) is 12.8 Å². The van der Waals surface area contributed by atoms with Crippen molar-refractivity contribution in [1.82, 2.24) is 0 Å². The smallest absolute Gasteiger partial charge is 0.142 e. The van der Waals surface area contributed by atoms with Gasteiger partial charge < -0.3 is 10.1 Å². The third kappa shape index (κ3) is 3.11. The van der Waals surface area contributed by atoms with Crippen LogP contribution in [0.1, 0.15) is 5.56 Å². The first kappa shape index (κ1) is 11.3. The molecule has 0 spiro atoms. The normalized spacial score (nSPS) is 10.4. The lowest BCUT2D eigenvalue weighted by molar-refractivity contribution is 0.417. The number of rotatable bonds is 4. The van der Waals surface area contributed by atoms with E-state index in [0.717, 1.165) is 17.0 Å². The molecule has 0 unspecified atom stereocenters. The molecule has 2 rings (SSSR count). The van der Waals surface area contributed by atoms with Gasteiger partial charge >= 0.3 is 0 Å². The minimum atomic E-state index is 0.838. The van der Waals surface area contributed by atoms with Crippen LogP contribution in [-0.4, -0.2) is 7.11 Å². The second-order valence-corrected chi connectivity index (χ2v) is 3.59. The minimum Gasteiger partial charge on any atom is -0.495 e. The number of anilines is 1. The topological polar surface area (TPSA) is 21.3 Å². The van der Waals surface area contributed by atoms with Crippen molar-refractivity contribution in [2.75, 3.05) is 12.4 Å². The van der Waals surface area contributed by atoms with Crippen molar-refractivity contribution < 1.29 is 4.74 Å². The van der Waals surface area contributed by atoms with Gasteiger partial charge in [0.2, 0.25) is 0 Å². The Morgan fingerprint density at radius 2 is 1.65 bits per heavy atom. The Hall–Kier alpha value is -2.22. The summed E-state index contributed by atoms with van der Waals surface area (Å²) in [5.41, 5.74) is 2.12. The monoisotopic (exact) mass is 225 g/mol. The lowest BCUT2D eigenvalue weighted by Crippen LogP contribution is -1.92. The Morgan fingerprint density at radius 1 is 0.941 bits per heavy atom. The Morgan fingerprint density at radius 3 is 2.41 bits per heavy atom. The zero-order chi connectivity index (χ0) is 11.9. The van der Waals surface area contributed by atoms with Crippen molar-refractivity contribution >= 4 is 11.8 Å². The fourth-order valence-electron chi connectivity index (χ4n) is 1.56. The van der Waals surface area contributed by atoms with Crippen molar-refractivity contribution in [3.05, 3.63) is 66.4 Å². The van der Waals surface area contributed by atoms with E-state index in [0.29, 0.717) is 0 Å². The number of nitrogens with one attached hydrogen (secondary N) is 1. The maximum atomic E-state index is 5.25. The number of ether oxygens (including phenoxy) is 1. The van der Waals surface area contributed by atoms with Crippen LogP contribution < -0.4 is 10.1 Å². The van der Waals surface area contributed by atoms with Crippen LogP contribution in [0.3, 0.4) is 0 Å². The van der Waals surface area contributed by atoms with Gasteiger partial charge in [-0.25, -0.2) is 0 Å². The molecule has 0 saturated carbocycles. The second kappa shape index (κ2) is 5.75. The molecule has 0 aliphatic carbocycles. The van der Waals surface area contributed by atoms with Crippen LogP contribution in [0.15, 0.2) is 60.8 Å². The van der Waals surface area contributed by atoms with E-state index in [4.69, 9.17) is 4.74 Å². The molecule has 2 aromatic carbocycles. The first-order valence-electron chi connectivity index (χ1n) is 5.51. The highest BCUT2D eigenvalue weighted by molar-refractivity contribution is 5.61. The first-order valence-corrected chi connectivity index (χ1v) is 5.51. The van der Waals surface area contributed by atoms with Gasteiger partial charge in [0.15, 0.2) is 0 Å². The maximum Gasteiger partial charge on any atom is 0.142 e. The predicted molar refractivity (Wildman–Crippen MR) is 72.1 cm³/mol. The van der Waals surface area contributed by atoms with Crippen LogP contribution in [0.4, 0.5) is 5.69 Å². The predicted octanol–water partition coefficient (Wildman–Crippen LogP) is 3.78. The summed E-state index contributed by atoms with van der Waals surface area (Å²) in [6.45, 7) is 0. The SMILES string of the molecule is COc1ccccc1NC=Cc1ccccc1. The summed E-state index contributed by atoms with van der Waals surface area (Å²) in [6, 6.07) is 18.0. The number of hydrogen-bond donors (Lipinski definition) is 1. The molecule has 0 amide bonds.